The number of carbonyl (C=O) groups is 1. The zero-order chi connectivity index (χ0) is 23.5. The number of carbonyl (C=O) groups excluding carboxylic acids is 1. The quantitative estimate of drug-likeness (QED) is 0.471. The average Bonchev–Trinajstić information content (AvgIpc) is 3.27. The van der Waals surface area contributed by atoms with Gasteiger partial charge in [-0.05, 0) is 39.8 Å². The molecule has 0 N–H and O–H groups in total. The van der Waals surface area contributed by atoms with Crippen molar-refractivity contribution in [2.75, 3.05) is 14.2 Å². The van der Waals surface area contributed by atoms with E-state index in [0.29, 0.717) is 23.0 Å². The van der Waals surface area contributed by atoms with Gasteiger partial charge in [-0.1, -0.05) is 0 Å². The van der Waals surface area contributed by atoms with Gasteiger partial charge in [-0.25, -0.2) is 9.36 Å². The highest BCUT2D eigenvalue weighted by Crippen LogP contribution is 2.32. The Bertz CT molecular complexity index is 1520. The van der Waals surface area contributed by atoms with Crippen LogP contribution in [0.4, 0.5) is 0 Å². The maximum absolute atomic E-state index is 13.4. The van der Waals surface area contributed by atoms with E-state index in [1.807, 2.05) is 30.5 Å². The van der Waals surface area contributed by atoms with Crippen molar-refractivity contribution in [3.8, 4) is 17.2 Å². The standard InChI is InChI=1S/C22H25N5O5/c1-11-12(2)26-18-19(24(5)22(30)27(20(18)29)13(3)14(4)28)23-21(26)25(11)16-9-8-15(31-6)10-17(16)32-7/h8-10,13H,1-7H3/t13-/m0/s1. The summed E-state index contributed by atoms with van der Waals surface area (Å²) < 4.78 is 16.8. The number of imidazole rings is 2. The van der Waals surface area contributed by atoms with E-state index in [1.54, 1.807) is 38.7 Å². The highest BCUT2D eigenvalue weighted by Gasteiger charge is 2.26. The molecule has 3 heterocycles. The lowest BCUT2D eigenvalue weighted by molar-refractivity contribution is -0.119. The molecule has 1 aromatic carbocycles. The van der Waals surface area contributed by atoms with Crippen LogP contribution < -0.4 is 20.7 Å². The maximum Gasteiger partial charge on any atom is 0.333 e. The highest BCUT2D eigenvalue weighted by molar-refractivity contribution is 5.81. The largest absolute Gasteiger partial charge is 0.497 e. The molecule has 0 saturated heterocycles. The molecule has 0 unspecified atom stereocenters. The van der Waals surface area contributed by atoms with Crippen molar-refractivity contribution in [3.05, 3.63) is 50.4 Å². The average molecular weight is 439 g/mol. The molecule has 0 aliphatic carbocycles. The van der Waals surface area contributed by atoms with Gasteiger partial charge in [0.2, 0.25) is 5.78 Å². The van der Waals surface area contributed by atoms with Gasteiger partial charge >= 0.3 is 5.69 Å². The molecule has 0 fully saturated rings. The number of benzene rings is 1. The molecule has 0 aliphatic rings. The molecule has 32 heavy (non-hydrogen) atoms. The lowest BCUT2D eigenvalue weighted by atomic mass is 10.2. The van der Waals surface area contributed by atoms with E-state index in [1.165, 1.54) is 11.5 Å². The minimum atomic E-state index is -0.888. The van der Waals surface area contributed by atoms with Crippen molar-refractivity contribution >= 4 is 22.7 Å². The Hall–Kier alpha value is -3.82. The van der Waals surface area contributed by atoms with Crippen LogP contribution in [0.5, 0.6) is 11.5 Å². The second-order valence-electron chi connectivity index (χ2n) is 7.77. The molecule has 0 saturated carbocycles. The molecule has 3 aromatic heterocycles. The minimum Gasteiger partial charge on any atom is -0.497 e. The van der Waals surface area contributed by atoms with Crippen molar-refractivity contribution in [1.82, 2.24) is 23.1 Å². The monoisotopic (exact) mass is 439 g/mol. The highest BCUT2D eigenvalue weighted by atomic mass is 16.5. The van der Waals surface area contributed by atoms with Crippen LogP contribution in [0.3, 0.4) is 0 Å². The summed E-state index contributed by atoms with van der Waals surface area (Å²) in [5.74, 6) is 1.38. The number of hydrogen-bond acceptors (Lipinski definition) is 6. The molecule has 10 nitrogen and oxygen atoms in total. The predicted octanol–water partition coefficient (Wildman–Crippen LogP) is 1.92. The van der Waals surface area contributed by atoms with Gasteiger partial charge in [-0.15, -0.1) is 0 Å². The third kappa shape index (κ3) is 2.79. The van der Waals surface area contributed by atoms with E-state index in [9.17, 15) is 14.4 Å². The molecule has 4 aromatic rings. The van der Waals surface area contributed by atoms with Gasteiger partial charge in [0.25, 0.3) is 5.56 Å². The van der Waals surface area contributed by atoms with Gasteiger partial charge in [0.1, 0.15) is 11.5 Å². The van der Waals surface area contributed by atoms with Gasteiger partial charge in [0, 0.05) is 24.5 Å². The van der Waals surface area contributed by atoms with Crippen molar-refractivity contribution in [2.45, 2.75) is 33.7 Å². The lowest BCUT2D eigenvalue weighted by Crippen LogP contribution is -2.42. The summed E-state index contributed by atoms with van der Waals surface area (Å²) in [5, 5.41) is 0. The number of methoxy groups -OCH3 is 2. The summed E-state index contributed by atoms with van der Waals surface area (Å²) in [6, 6.07) is 4.53. The number of rotatable bonds is 5. The molecule has 0 amide bonds. The van der Waals surface area contributed by atoms with E-state index in [0.717, 1.165) is 16.0 Å². The third-order valence-electron chi connectivity index (χ3n) is 6.07. The predicted molar refractivity (Wildman–Crippen MR) is 119 cm³/mol. The summed E-state index contributed by atoms with van der Waals surface area (Å²) in [6.07, 6.45) is 0. The number of aromatic nitrogens is 5. The van der Waals surface area contributed by atoms with Crippen LogP contribution in [0, 0.1) is 13.8 Å². The topological polar surface area (TPSA) is 102 Å². The minimum absolute atomic E-state index is 0.238. The Morgan fingerprint density at radius 2 is 1.78 bits per heavy atom. The van der Waals surface area contributed by atoms with E-state index in [4.69, 9.17) is 9.47 Å². The molecule has 0 radical (unpaired) electrons. The summed E-state index contributed by atoms with van der Waals surface area (Å²) in [7, 11) is 4.68. The van der Waals surface area contributed by atoms with Gasteiger partial charge in [-0.3, -0.25) is 23.1 Å². The lowest BCUT2D eigenvalue weighted by Gasteiger charge is -2.13. The zero-order valence-corrected chi connectivity index (χ0v) is 19.1. The molecule has 0 bridgehead atoms. The van der Waals surface area contributed by atoms with Crippen LogP contribution in [0.15, 0.2) is 27.8 Å². The van der Waals surface area contributed by atoms with E-state index in [2.05, 4.69) is 4.98 Å². The number of ketones is 1. The van der Waals surface area contributed by atoms with Crippen molar-refractivity contribution in [1.29, 1.82) is 0 Å². The summed E-state index contributed by atoms with van der Waals surface area (Å²) in [5.41, 5.74) is 1.67. The molecular formula is C22H25N5O5. The van der Waals surface area contributed by atoms with Crippen molar-refractivity contribution < 1.29 is 14.3 Å². The summed E-state index contributed by atoms with van der Waals surface area (Å²) in [6.45, 7) is 6.69. The Morgan fingerprint density at radius 3 is 2.38 bits per heavy atom. The van der Waals surface area contributed by atoms with Crippen molar-refractivity contribution in [3.63, 3.8) is 0 Å². The number of ether oxygens (including phenoxy) is 2. The first-order valence-electron chi connectivity index (χ1n) is 10.1. The maximum atomic E-state index is 13.4. The fraction of sp³-hybridized carbons (Fsp3) is 0.364. The van der Waals surface area contributed by atoms with Crippen LogP contribution in [0.2, 0.25) is 0 Å². The fourth-order valence-electron chi connectivity index (χ4n) is 4.00. The molecule has 10 heteroatoms. The first kappa shape index (κ1) is 21.4. The van der Waals surface area contributed by atoms with E-state index in [-0.39, 0.29) is 16.9 Å². The first-order valence-corrected chi connectivity index (χ1v) is 10.1. The number of aryl methyl sites for hydroxylation is 2. The Kier molecular flexibility index (Phi) is 4.95. The number of fused-ring (bicyclic) bond motifs is 3. The molecule has 0 spiro atoms. The molecular weight excluding hydrogens is 414 g/mol. The molecule has 168 valence electrons. The van der Waals surface area contributed by atoms with Crippen molar-refractivity contribution in [2.24, 2.45) is 7.05 Å². The Balaban J connectivity index is 2.17. The number of Topliss-reactive ketones (excluding diaryl/α,β-unsaturated/α-hetero) is 1. The first-order chi connectivity index (χ1) is 15.1. The third-order valence-corrected chi connectivity index (χ3v) is 6.07. The second-order valence-corrected chi connectivity index (χ2v) is 7.77. The van der Waals surface area contributed by atoms with E-state index >= 15 is 0 Å². The molecule has 4 rings (SSSR count). The van der Waals surface area contributed by atoms with E-state index < -0.39 is 17.3 Å². The number of nitrogens with zero attached hydrogens (tertiary/aromatic N) is 5. The van der Waals surface area contributed by atoms with Crippen LogP contribution in [0.1, 0.15) is 31.3 Å². The normalized spacial score (nSPS) is 12.5. The summed E-state index contributed by atoms with van der Waals surface area (Å²) >= 11 is 0. The second kappa shape index (κ2) is 7.40. The van der Waals surface area contributed by atoms with Gasteiger partial charge in [0.05, 0.1) is 25.9 Å². The molecule has 0 aliphatic heterocycles. The zero-order valence-electron chi connectivity index (χ0n) is 19.1. The van der Waals surface area contributed by atoms with Gasteiger partial charge in [0.15, 0.2) is 16.9 Å². The van der Waals surface area contributed by atoms with Crippen LogP contribution in [0.25, 0.3) is 22.6 Å². The van der Waals surface area contributed by atoms with Crippen LogP contribution in [-0.4, -0.2) is 43.1 Å². The SMILES string of the molecule is COc1ccc(-n2c(C)c(C)n3c4c(=O)n([C@@H](C)C(C)=O)c(=O)n(C)c4nc23)c(OC)c1. The fourth-order valence-corrected chi connectivity index (χ4v) is 4.00. The Labute approximate surface area is 183 Å². The Morgan fingerprint density at radius 1 is 1.09 bits per heavy atom. The number of hydrogen-bond donors (Lipinski definition) is 0. The van der Waals surface area contributed by atoms with Gasteiger partial charge in [-0.2, -0.15) is 4.98 Å². The van der Waals surface area contributed by atoms with Gasteiger partial charge < -0.3 is 9.47 Å². The summed E-state index contributed by atoms with van der Waals surface area (Å²) in [4.78, 5) is 43.0. The van der Waals surface area contributed by atoms with Crippen LogP contribution >= 0.6 is 0 Å². The smallest absolute Gasteiger partial charge is 0.333 e. The van der Waals surface area contributed by atoms with Crippen LogP contribution in [-0.2, 0) is 11.8 Å². The molecule has 1 atom stereocenters.